The SMILES string of the molecule is O=C(O)C[C@@H](CCCc1ccccc1)NC(=O)OCc1ccccc1. The molecule has 1 atom stereocenters. The van der Waals surface area contributed by atoms with Crippen LogP contribution in [0.3, 0.4) is 0 Å². The van der Waals surface area contributed by atoms with Gasteiger partial charge < -0.3 is 15.2 Å². The first-order valence-corrected chi connectivity index (χ1v) is 8.36. The Morgan fingerprint density at radius 1 is 0.960 bits per heavy atom. The molecule has 0 fully saturated rings. The average Bonchev–Trinajstić information content (AvgIpc) is 2.61. The van der Waals surface area contributed by atoms with Crippen molar-refractivity contribution in [1.29, 1.82) is 0 Å². The molecule has 0 bridgehead atoms. The fourth-order valence-electron chi connectivity index (χ4n) is 2.56. The Hall–Kier alpha value is -2.82. The molecule has 5 heteroatoms. The zero-order valence-electron chi connectivity index (χ0n) is 14.1. The number of hydrogen-bond donors (Lipinski definition) is 2. The van der Waals surface area contributed by atoms with Gasteiger partial charge in [0.25, 0.3) is 0 Å². The van der Waals surface area contributed by atoms with Gasteiger partial charge in [-0.3, -0.25) is 4.79 Å². The molecular weight excluding hydrogens is 318 g/mol. The number of aryl methyl sites for hydroxylation is 1. The lowest BCUT2D eigenvalue weighted by molar-refractivity contribution is -0.137. The molecule has 0 aliphatic carbocycles. The van der Waals surface area contributed by atoms with Crippen LogP contribution in [0.2, 0.25) is 0 Å². The third kappa shape index (κ3) is 7.52. The van der Waals surface area contributed by atoms with Crippen molar-refractivity contribution in [1.82, 2.24) is 5.32 Å². The van der Waals surface area contributed by atoms with Gasteiger partial charge in [-0.1, -0.05) is 60.7 Å². The summed E-state index contributed by atoms with van der Waals surface area (Å²) in [5, 5.41) is 11.7. The summed E-state index contributed by atoms with van der Waals surface area (Å²) < 4.78 is 5.16. The highest BCUT2D eigenvalue weighted by Gasteiger charge is 2.16. The molecule has 1 amide bonds. The normalized spacial score (nSPS) is 11.5. The molecule has 0 spiro atoms. The lowest BCUT2D eigenvalue weighted by atomic mass is 10.0. The third-order valence-corrected chi connectivity index (χ3v) is 3.82. The van der Waals surface area contributed by atoms with Gasteiger partial charge in [0.1, 0.15) is 6.61 Å². The Kier molecular flexibility index (Phi) is 7.50. The van der Waals surface area contributed by atoms with Crippen LogP contribution in [0.15, 0.2) is 60.7 Å². The molecule has 0 aliphatic rings. The van der Waals surface area contributed by atoms with E-state index in [-0.39, 0.29) is 13.0 Å². The molecule has 2 aromatic carbocycles. The van der Waals surface area contributed by atoms with Crippen molar-refractivity contribution in [2.24, 2.45) is 0 Å². The Morgan fingerprint density at radius 2 is 1.56 bits per heavy atom. The van der Waals surface area contributed by atoms with Crippen molar-refractivity contribution in [2.45, 2.75) is 38.3 Å². The molecule has 132 valence electrons. The molecule has 25 heavy (non-hydrogen) atoms. The summed E-state index contributed by atoms with van der Waals surface area (Å²) in [6.07, 6.45) is 1.52. The van der Waals surface area contributed by atoms with E-state index in [4.69, 9.17) is 9.84 Å². The lowest BCUT2D eigenvalue weighted by Gasteiger charge is -2.17. The van der Waals surface area contributed by atoms with E-state index in [2.05, 4.69) is 5.32 Å². The van der Waals surface area contributed by atoms with Crippen molar-refractivity contribution >= 4 is 12.1 Å². The fourth-order valence-corrected chi connectivity index (χ4v) is 2.56. The third-order valence-electron chi connectivity index (χ3n) is 3.82. The van der Waals surface area contributed by atoms with Crippen LogP contribution in [0.25, 0.3) is 0 Å². The largest absolute Gasteiger partial charge is 0.481 e. The Balaban J connectivity index is 1.77. The molecule has 5 nitrogen and oxygen atoms in total. The molecule has 0 unspecified atom stereocenters. The van der Waals surface area contributed by atoms with Gasteiger partial charge >= 0.3 is 12.1 Å². The number of carboxylic acid groups (broad SMARTS) is 1. The van der Waals surface area contributed by atoms with Crippen molar-refractivity contribution in [3.8, 4) is 0 Å². The van der Waals surface area contributed by atoms with Gasteiger partial charge in [0.05, 0.1) is 6.42 Å². The van der Waals surface area contributed by atoms with Crippen molar-refractivity contribution in [3.63, 3.8) is 0 Å². The molecule has 0 heterocycles. The van der Waals surface area contributed by atoms with Gasteiger partial charge in [-0.05, 0) is 30.4 Å². The van der Waals surface area contributed by atoms with Gasteiger partial charge in [-0.15, -0.1) is 0 Å². The maximum atomic E-state index is 11.9. The van der Waals surface area contributed by atoms with Crippen LogP contribution in [-0.2, 0) is 22.6 Å². The van der Waals surface area contributed by atoms with Crippen LogP contribution in [0.5, 0.6) is 0 Å². The molecular formula is C20H23NO4. The van der Waals surface area contributed by atoms with Gasteiger partial charge in [-0.25, -0.2) is 4.79 Å². The molecule has 2 N–H and O–H groups in total. The van der Waals surface area contributed by atoms with Gasteiger partial charge in [0, 0.05) is 6.04 Å². The quantitative estimate of drug-likeness (QED) is 0.728. The first kappa shape index (κ1) is 18.5. The van der Waals surface area contributed by atoms with Crippen LogP contribution in [0.1, 0.15) is 30.4 Å². The highest BCUT2D eigenvalue weighted by molar-refractivity contribution is 5.71. The summed E-state index contributed by atoms with van der Waals surface area (Å²) in [5.41, 5.74) is 2.08. The summed E-state index contributed by atoms with van der Waals surface area (Å²) in [5.74, 6) is -0.937. The van der Waals surface area contributed by atoms with E-state index in [9.17, 15) is 9.59 Å². The molecule has 2 rings (SSSR count). The minimum Gasteiger partial charge on any atom is -0.481 e. The molecule has 0 radical (unpaired) electrons. The van der Waals surface area contributed by atoms with E-state index in [1.54, 1.807) is 0 Å². The number of benzene rings is 2. The number of aliphatic carboxylic acids is 1. The number of amides is 1. The Bertz CT molecular complexity index is 658. The van der Waals surface area contributed by atoms with E-state index in [1.807, 2.05) is 60.7 Å². The molecule has 0 saturated heterocycles. The molecule has 0 aliphatic heterocycles. The van der Waals surface area contributed by atoms with Gasteiger partial charge in [-0.2, -0.15) is 0 Å². The average molecular weight is 341 g/mol. The number of alkyl carbamates (subject to hydrolysis) is 1. The second-order valence-electron chi connectivity index (χ2n) is 5.88. The maximum Gasteiger partial charge on any atom is 0.407 e. The van der Waals surface area contributed by atoms with Crippen molar-refractivity contribution < 1.29 is 19.4 Å². The van der Waals surface area contributed by atoms with Crippen molar-refractivity contribution in [2.75, 3.05) is 0 Å². The standard InChI is InChI=1S/C20H23NO4/c22-19(23)14-18(13-7-12-16-8-3-1-4-9-16)21-20(24)25-15-17-10-5-2-6-11-17/h1-6,8-11,18H,7,12-15H2,(H,21,24)(H,22,23)/t18-/m1/s1. The zero-order valence-corrected chi connectivity index (χ0v) is 14.1. The van der Waals surface area contributed by atoms with E-state index in [0.29, 0.717) is 6.42 Å². The van der Waals surface area contributed by atoms with E-state index < -0.39 is 18.1 Å². The van der Waals surface area contributed by atoms with Crippen molar-refractivity contribution in [3.05, 3.63) is 71.8 Å². The number of ether oxygens (including phenoxy) is 1. The zero-order chi connectivity index (χ0) is 17.9. The minimum absolute atomic E-state index is 0.116. The predicted octanol–water partition coefficient (Wildman–Crippen LogP) is 3.78. The summed E-state index contributed by atoms with van der Waals surface area (Å²) in [6, 6.07) is 18.9. The number of rotatable bonds is 9. The topological polar surface area (TPSA) is 75.6 Å². The van der Waals surface area contributed by atoms with Crippen LogP contribution in [0, 0.1) is 0 Å². The van der Waals surface area contributed by atoms with Crippen LogP contribution in [0.4, 0.5) is 4.79 Å². The summed E-state index contributed by atoms with van der Waals surface area (Å²) in [4.78, 5) is 22.9. The summed E-state index contributed by atoms with van der Waals surface area (Å²) in [6.45, 7) is 0.163. The molecule has 0 aromatic heterocycles. The molecule has 2 aromatic rings. The summed E-state index contributed by atoms with van der Waals surface area (Å²) >= 11 is 0. The molecule has 0 saturated carbocycles. The first-order chi connectivity index (χ1) is 12.1. The summed E-state index contributed by atoms with van der Waals surface area (Å²) in [7, 11) is 0. The van der Waals surface area contributed by atoms with Crippen LogP contribution in [-0.4, -0.2) is 23.2 Å². The number of carbonyl (C=O) groups excluding carboxylic acids is 1. The number of hydrogen-bond acceptors (Lipinski definition) is 3. The maximum absolute atomic E-state index is 11.9. The number of carbonyl (C=O) groups is 2. The predicted molar refractivity (Wildman–Crippen MR) is 95.2 cm³/mol. The second kappa shape index (κ2) is 10.1. The smallest absolute Gasteiger partial charge is 0.407 e. The van der Waals surface area contributed by atoms with E-state index >= 15 is 0 Å². The van der Waals surface area contributed by atoms with Crippen LogP contribution < -0.4 is 5.32 Å². The Labute approximate surface area is 147 Å². The minimum atomic E-state index is -0.937. The monoisotopic (exact) mass is 341 g/mol. The second-order valence-corrected chi connectivity index (χ2v) is 5.88. The van der Waals surface area contributed by atoms with Gasteiger partial charge in [0.2, 0.25) is 0 Å². The number of carboxylic acids is 1. The first-order valence-electron chi connectivity index (χ1n) is 8.36. The lowest BCUT2D eigenvalue weighted by Crippen LogP contribution is -2.36. The fraction of sp³-hybridized carbons (Fsp3) is 0.300. The van der Waals surface area contributed by atoms with Gasteiger partial charge in [0.15, 0.2) is 0 Å². The van der Waals surface area contributed by atoms with Crippen LogP contribution >= 0.6 is 0 Å². The Morgan fingerprint density at radius 3 is 2.16 bits per heavy atom. The highest BCUT2D eigenvalue weighted by atomic mass is 16.5. The highest BCUT2D eigenvalue weighted by Crippen LogP contribution is 2.09. The number of nitrogens with one attached hydrogen (secondary N) is 1. The van der Waals surface area contributed by atoms with E-state index in [0.717, 1.165) is 18.4 Å². The van der Waals surface area contributed by atoms with E-state index in [1.165, 1.54) is 5.56 Å².